The molecule has 106 valence electrons. The molecule has 0 bridgehead atoms. The van der Waals surface area contributed by atoms with Gasteiger partial charge in [-0.1, -0.05) is 6.07 Å². The van der Waals surface area contributed by atoms with E-state index in [9.17, 15) is 13.2 Å². The Morgan fingerprint density at radius 3 is 2.74 bits per heavy atom. The Labute approximate surface area is 112 Å². The maximum absolute atomic E-state index is 12.0. The molecule has 0 fully saturated rings. The van der Waals surface area contributed by atoms with E-state index in [4.69, 9.17) is 9.84 Å². The zero-order valence-electron chi connectivity index (χ0n) is 10.8. The predicted octanol–water partition coefficient (Wildman–Crippen LogP) is 1.23. The summed E-state index contributed by atoms with van der Waals surface area (Å²) in [4.78, 5) is 10.5. The molecular formula is C12H17NO5S. The van der Waals surface area contributed by atoms with E-state index in [-0.39, 0.29) is 17.7 Å². The van der Waals surface area contributed by atoms with E-state index >= 15 is 0 Å². The first-order valence-corrected chi connectivity index (χ1v) is 7.21. The van der Waals surface area contributed by atoms with Crippen molar-refractivity contribution < 1.29 is 23.1 Å². The number of carboxylic acids is 1. The molecule has 1 unspecified atom stereocenters. The number of sulfonamides is 1. The number of rotatable bonds is 7. The molecular weight excluding hydrogens is 270 g/mol. The lowest BCUT2D eigenvalue weighted by Crippen LogP contribution is -2.33. The molecule has 1 aromatic carbocycles. The van der Waals surface area contributed by atoms with E-state index in [1.54, 1.807) is 19.1 Å². The number of benzene rings is 1. The summed E-state index contributed by atoms with van der Waals surface area (Å²) in [6.45, 7) is 1.63. The van der Waals surface area contributed by atoms with Crippen LogP contribution in [-0.2, 0) is 14.8 Å². The van der Waals surface area contributed by atoms with Crippen molar-refractivity contribution >= 4 is 16.0 Å². The second-order valence-corrected chi connectivity index (χ2v) is 5.85. The van der Waals surface area contributed by atoms with Gasteiger partial charge in [0.2, 0.25) is 10.0 Å². The summed E-state index contributed by atoms with van der Waals surface area (Å²) in [5.41, 5.74) is 0. The van der Waals surface area contributed by atoms with Crippen LogP contribution in [0.3, 0.4) is 0 Å². The minimum atomic E-state index is -3.66. The van der Waals surface area contributed by atoms with Crippen LogP contribution in [0.25, 0.3) is 0 Å². The quantitative estimate of drug-likeness (QED) is 0.786. The number of ether oxygens (including phenoxy) is 1. The van der Waals surface area contributed by atoms with Crippen LogP contribution < -0.4 is 9.46 Å². The highest BCUT2D eigenvalue weighted by atomic mass is 32.2. The van der Waals surface area contributed by atoms with Crippen molar-refractivity contribution in [3.05, 3.63) is 24.3 Å². The Kier molecular flexibility index (Phi) is 5.31. The lowest BCUT2D eigenvalue weighted by atomic mass is 10.2. The number of nitrogens with one attached hydrogen (secondary N) is 1. The second kappa shape index (κ2) is 6.53. The first-order chi connectivity index (χ1) is 8.85. The van der Waals surface area contributed by atoms with Crippen LogP contribution in [0.2, 0.25) is 0 Å². The smallest absolute Gasteiger partial charge is 0.303 e. The molecule has 1 rings (SSSR count). The molecule has 0 amide bonds. The van der Waals surface area contributed by atoms with Crippen molar-refractivity contribution in [2.75, 3.05) is 7.11 Å². The van der Waals surface area contributed by atoms with Crippen LogP contribution in [0.5, 0.6) is 5.75 Å². The normalized spacial score (nSPS) is 12.9. The van der Waals surface area contributed by atoms with Crippen LogP contribution in [0.1, 0.15) is 19.8 Å². The second-order valence-electron chi connectivity index (χ2n) is 4.13. The van der Waals surface area contributed by atoms with Crippen molar-refractivity contribution in [1.82, 2.24) is 4.72 Å². The Bertz CT molecular complexity index is 541. The molecule has 2 N–H and O–H groups in total. The first kappa shape index (κ1) is 15.5. The maximum Gasteiger partial charge on any atom is 0.303 e. The van der Waals surface area contributed by atoms with E-state index in [1.807, 2.05) is 0 Å². The first-order valence-electron chi connectivity index (χ1n) is 5.73. The highest BCUT2D eigenvalue weighted by Gasteiger charge is 2.18. The minimum Gasteiger partial charge on any atom is -0.497 e. The van der Waals surface area contributed by atoms with E-state index in [0.29, 0.717) is 5.75 Å². The SMILES string of the molecule is COc1cccc(S(=O)(=O)NC(C)CCC(=O)O)c1. The average molecular weight is 287 g/mol. The van der Waals surface area contributed by atoms with Crippen molar-refractivity contribution in [3.63, 3.8) is 0 Å². The van der Waals surface area contributed by atoms with E-state index in [0.717, 1.165) is 0 Å². The zero-order valence-corrected chi connectivity index (χ0v) is 11.6. The molecule has 0 radical (unpaired) electrons. The van der Waals surface area contributed by atoms with Gasteiger partial charge >= 0.3 is 5.97 Å². The fourth-order valence-electron chi connectivity index (χ4n) is 1.50. The molecule has 1 atom stereocenters. The van der Waals surface area contributed by atoms with E-state index in [1.165, 1.54) is 19.2 Å². The number of hydrogen-bond acceptors (Lipinski definition) is 4. The fourth-order valence-corrected chi connectivity index (χ4v) is 2.81. The summed E-state index contributed by atoms with van der Waals surface area (Å²) in [5.74, 6) is -0.506. The summed E-state index contributed by atoms with van der Waals surface area (Å²) in [5, 5.41) is 8.55. The monoisotopic (exact) mass is 287 g/mol. The molecule has 1 aromatic rings. The van der Waals surface area contributed by atoms with Gasteiger partial charge in [0.05, 0.1) is 12.0 Å². The molecule has 0 saturated carbocycles. The molecule has 0 aliphatic rings. The topological polar surface area (TPSA) is 92.7 Å². The van der Waals surface area contributed by atoms with Gasteiger partial charge < -0.3 is 9.84 Å². The summed E-state index contributed by atoms with van der Waals surface area (Å²) < 4.78 is 31.5. The fraction of sp³-hybridized carbons (Fsp3) is 0.417. The Morgan fingerprint density at radius 2 is 2.16 bits per heavy atom. The third-order valence-corrected chi connectivity index (χ3v) is 4.09. The van der Waals surface area contributed by atoms with Gasteiger partial charge in [-0.15, -0.1) is 0 Å². The predicted molar refractivity (Wildman–Crippen MR) is 69.6 cm³/mol. The van der Waals surface area contributed by atoms with Gasteiger partial charge in [0.1, 0.15) is 5.75 Å². The van der Waals surface area contributed by atoms with Crippen molar-refractivity contribution in [3.8, 4) is 5.75 Å². The Morgan fingerprint density at radius 1 is 1.47 bits per heavy atom. The van der Waals surface area contributed by atoms with Gasteiger partial charge in [0.25, 0.3) is 0 Å². The summed E-state index contributed by atoms with van der Waals surface area (Å²) >= 11 is 0. The standard InChI is InChI=1S/C12H17NO5S/c1-9(6-7-12(14)15)13-19(16,17)11-5-3-4-10(8-11)18-2/h3-5,8-9,13H,6-7H2,1-2H3,(H,14,15). The third kappa shape index (κ3) is 4.88. The van der Waals surface area contributed by atoms with Crippen LogP contribution in [0.4, 0.5) is 0 Å². The van der Waals surface area contributed by atoms with Crippen LogP contribution in [0, 0.1) is 0 Å². The molecule has 0 aliphatic carbocycles. The molecule has 0 aliphatic heterocycles. The molecule has 0 heterocycles. The maximum atomic E-state index is 12.0. The van der Waals surface area contributed by atoms with Gasteiger partial charge in [-0.3, -0.25) is 4.79 Å². The zero-order chi connectivity index (χ0) is 14.5. The largest absolute Gasteiger partial charge is 0.497 e. The molecule has 19 heavy (non-hydrogen) atoms. The summed E-state index contributed by atoms with van der Waals surface area (Å²) in [6, 6.07) is 5.63. The molecule has 0 spiro atoms. The molecule has 6 nitrogen and oxygen atoms in total. The lowest BCUT2D eigenvalue weighted by Gasteiger charge is -2.13. The summed E-state index contributed by atoms with van der Waals surface area (Å²) in [7, 11) is -2.21. The van der Waals surface area contributed by atoms with Crippen LogP contribution >= 0.6 is 0 Å². The Balaban J connectivity index is 2.77. The van der Waals surface area contributed by atoms with E-state index in [2.05, 4.69) is 4.72 Å². The summed E-state index contributed by atoms with van der Waals surface area (Å²) in [6.07, 6.45) is 0.153. The highest BCUT2D eigenvalue weighted by molar-refractivity contribution is 7.89. The number of carbonyl (C=O) groups is 1. The number of hydrogen-bond donors (Lipinski definition) is 2. The molecule has 0 aromatic heterocycles. The number of aliphatic carboxylic acids is 1. The number of carboxylic acid groups (broad SMARTS) is 1. The Hall–Kier alpha value is -1.60. The minimum absolute atomic E-state index is 0.0816. The van der Waals surface area contributed by atoms with Gasteiger partial charge in [-0.25, -0.2) is 13.1 Å². The van der Waals surface area contributed by atoms with E-state index < -0.39 is 22.0 Å². The number of methoxy groups -OCH3 is 1. The lowest BCUT2D eigenvalue weighted by molar-refractivity contribution is -0.137. The average Bonchev–Trinajstić information content (AvgIpc) is 2.36. The van der Waals surface area contributed by atoms with Gasteiger partial charge in [-0.05, 0) is 25.5 Å². The van der Waals surface area contributed by atoms with Crippen LogP contribution in [0.15, 0.2) is 29.2 Å². The van der Waals surface area contributed by atoms with Crippen molar-refractivity contribution in [2.45, 2.75) is 30.7 Å². The van der Waals surface area contributed by atoms with Gasteiger partial charge in [0, 0.05) is 18.5 Å². The van der Waals surface area contributed by atoms with Gasteiger partial charge in [0.15, 0.2) is 0 Å². The van der Waals surface area contributed by atoms with Crippen molar-refractivity contribution in [1.29, 1.82) is 0 Å². The highest BCUT2D eigenvalue weighted by Crippen LogP contribution is 2.17. The third-order valence-electron chi connectivity index (χ3n) is 2.50. The van der Waals surface area contributed by atoms with Gasteiger partial charge in [-0.2, -0.15) is 0 Å². The molecule has 0 saturated heterocycles. The van der Waals surface area contributed by atoms with Crippen LogP contribution in [-0.4, -0.2) is 32.6 Å². The molecule has 7 heteroatoms. The van der Waals surface area contributed by atoms with Crippen molar-refractivity contribution in [2.24, 2.45) is 0 Å².